The van der Waals surface area contributed by atoms with Crippen molar-refractivity contribution in [2.75, 3.05) is 26.3 Å². The van der Waals surface area contributed by atoms with Gasteiger partial charge in [0.2, 0.25) is 0 Å². The number of aromatic nitrogens is 2. The molecule has 1 unspecified atom stereocenters. The molecule has 2 saturated heterocycles. The van der Waals surface area contributed by atoms with Gasteiger partial charge in [-0.1, -0.05) is 5.16 Å². The summed E-state index contributed by atoms with van der Waals surface area (Å²) in [7, 11) is 0. The Labute approximate surface area is 106 Å². The Hall–Kier alpha value is -0.980. The molecule has 6 heteroatoms. The smallest absolute Gasteiger partial charge is 0.258 e. The standard InChI is InChI=1S/C12H19N3O3/c16-12(3-5-13-6-4-12)11-14-10(15-18-11)9-2-1-7-17-8-9/h9,13,16H,1-8H2. The quantitative estimate of drug-likeness (QED) is 0.800. The van der Waals surface area contributed by atoms with E-state index in [1.807, 2.05) is 0 Å². The Morgan fingerprint density at radius 1 is 1.33 bits per heavy atom. The highest BCUT2D eigenvalue weighted by Crippen LogP contribution is 2.31. The van der Waals surface area contributed by atoms with Gasteiger partial charge in [-0.3, -0.25) is 0 Å². The number of hydrogen-bond acceptors (Lipinski definition) is 6. The third-order valence-electron chi connectivity index (χ3n) is 3.80. The van der Waals surface area contributed by atoms with Gasteiger partial charge in [-0.25, -0.2) is 0 Å². The summed E-state index contributed by atoms with van der Waals surface area (Å²) < 4.78 is 10.7. The number of aliphatic hydroxyl groups is 1. The number of rotatable bonds is 2. The average molecular weight is 253 g/mol. The Morgan fingerprint density at radius 3 is 2.89 bits per heavy atom. The zero-order chi connectivity index (χ0) is 12.4. The summed E-state index contributed by atoms with van der Waals surface area (Å²) in [6.45, 7) is 3.03. The second kappa shape index (κ2) is 4.95. The SMILES string of the molecule is OC1(c2nc(C3CCCOC3)no2)CCNCC1. The fourth-order valence-corrected chi connectivity index (χ4v) is 2.59. The molecule has 0 aliphatic carbocycles. The van der Waals surface area contributed by atoms with Crippen molar-refractivity contribution >= 4 is 0 Å². The first-order valence-electron chi connectivity index (χ1n) is 6.63. The van der Waals surface area contributed by atoms with Crippen molar-refractivity contribution in [3.05, 3.63) is 11.7 Å². The van der Waals surface area contributed by atoms with E-state index in [4.69, 9.17) is 9.26 Å². The fraction of sp³-hybridized carbons (Fsp3) is 0.833. The predicted molar refractivity (Wildman–Crippen MR) is 63.1 cm³/mol. The van der Waals surface area contributed by atoms with Crippen LogP contribution >= 0.6 is 0 Å². The number of piperidine rings is 1. The average Bonchev–Trinajstić information content (AvgIpc) is 2.91. The van der Waals surface area contributed by atoms with Crippen LogP contribution in [0.5, 0.6) is 0 Å². The molecule has 0 spiro atoms. The van der Waals surface area contributed by atoms with E-state index in [1.54, 1.807) is 0 Å². The molecule has 0 radical (unpaired) electrons. The molecule has 0 saturated carbocycles. The first kappa shape index (κ1) is 12.1. The van der Waals surface area contributed by atoms with Gasteiger partial charge in [-0.15, -0.1) is 0 Å². The molecule has 3 rings (SSSR count). The van der Waals surface area contributed by atoms with Gasteiger partial charge in [0.1, 0.15) is 5.60 Å². The minimum Gasteiger partial charge on any atom is -0.381 e. The van der Waals surface area contributed by atoms with Gasteiger partial charge in [0.05, 0.1) is 6.61 Å². The molecule has 2 N–H and O–H groups in total. The molecule has 6 nitrogen and oxygen atoms in total. The lowest BCUT2D eigenvalue weighted by atomic mass is 9.92. The van der Waals surface area contributed by atoms with Crippen molar-refractivity contribution in [3.8, 4) is 0 Å². The summed E-state index contributed by atoms with van der Waals surface area (Å²) in [5.74, 6) is 1.25. The van der Waals surface area contributed by atoms with E-state index in [0.717, 1.165) is 32.5 Å². The van der Waals surface area contributed by atoms with Gasteiger partial charge in [0.25, 0.3) is 5.89 Å². The molecule has 0 bridgehead atoms. The van der Waals surface area contributed by atoms with Crippen LogP contribution in [-0.2, 0) is 10.3 Å². The molecule has 3 heterocycles. The van der Waals surface area contributed by atoms with Crippen LogP contribution in [0.1, 0.15) is 43.3 Å². The lowest BCUT2D eigenvalue weighted by Gasteiger charge is -2.28. The van der Waals surface area contributed by atoms with Crippen LogP contribution in [-0.4, -0.2) is 41.6 Å². The van der Waals surface area contributed by atoms with Gasteiger partial charge in [0.15, 0.2) is 5.82 Å². The Morgan fingerprint density at radius 2 is 2.17 bits per heavy atom. The molecule has 2 fully saturated rings. The Bertz CT molecular complexity index is 395. The largest absolute Gasteiger partial charge is 0.381 e. The first-order chi connectivity index (χ1) is 8.78. The number of ether oxygens (including phenoxy) is 1. The highest BCUT2D eigenvalue weighted by Gasteiger charge is 2.37. The van der Waals surface area contributed by atoms with Crippen molar-refractivity contribution in [2.45, 2.75) is 37.2 Å². The van der Waals surface area contributed by atoms with Crippen molar-refractivity contribution in [1.82, 2.24) is 15.5 Å². The molecule has 0 amide bonds. The van der Waals surface area contributed by atoms with E-state index in [2.05, 4.69) is 15.5 Å². The van der Waals surface area contributed by atoms with Crippen LogP contribution < -0.4 is 5.32 Å². The van der Waals surface area contributed by atoms with Crippen molar-refractivity contribution in [2.24, 2.45) is 0 Å². The lowest BCUT2D eigenvalue weighted by molar-refractivity contribution is -0.0228. The minimum absolute atomic E-state index is 0.210. The molecule has 0 aromatic carbocycles. The third kappa shape index (κ3) is 2.28. The number of nitrogens with one attached hydrogen (secondary N) is 1. The van der Waals surface area contributed by atoms with Crippen molar-refractivity contribution in [1.29, 1.82) is 0 Å². The van der Waals surface area contributed by atoms with E-state index in [1.165, 1.54) is 0 Å². The maximum absolute atomic E-state index is 10.5. The van der Waals surface area contributed by atoms with Gasteiger partial charge in [-0.2, -0.15) is 4.98 Å². The maximum Gasteiger partial charge on any atom is 0.258 e. The van der Waals surface area contributed by atoms with Crippen LogP contribution in [0.15, 0.2) is 4.52 Å². The summed E-state index contributed by atoms with van der Waals surface area (Å²) in [6, 6.07) is 0. The second-order valence-corrected chi connectivity index (χ2v) is 5.15. The molecule has 1 aromatic rings. The Balaban J connectivity index is 1.75. The molecule has 100 valence electrons. The van der Waals surface area contributed by atoms with Crippen LogP contribution in [0.25, 0.3) is 0 Å². The van der Waals surface area contributed by atoms with E-state index in [0.29, 0.717) is 31.2 Å². The molecular formula is C12H19N3O3. The maximum atomic E-state index is 10.5. The van der Waals surface area contributed by atoms with Crippen LogP contribution in [0.4, 0.5) is 0 Å². The Kier molecular flexibility index (Phi) is 3.32. The van der Waals surface area contributed by atoms with Gasteiger partial charge in [-0.05, 0) is 38.8 Å². The van der Waals surface area contributed by atoms with Gasteiger partial charge in [0, 0.05) is 12.5 Å². The minimum atomic E-state index is -0.952. The zero-order valence-corrected chi connectivity index (χ0v) is 10.4. The number of hydrogen-bond donors (Lipinski definition) is 2. The second-order valence-electron chi connectivity index (χ2n) is 5.15. The molecule has 1 aromatic heterocycles. The van der Waals surface area contributed by atoms with E-state index in [-0.39, 0.29) is 5.92 Å². The summed E-state index contributed by atoms with van der Waals surface area (Å²) in [4.78, 5) is 4.39. The predicted octanol–water partition coefficient (Wildman–Crippen LogP) is 0.535. The lowest BCUT2D eigenvalue weighted by Crippen LogP contribution is -2.40. The zero-order valence-electron chi connectivity index (χ0n) is 10.4. The highest BCUT2D eigenvalue weighted by molar-refractivity contribution is 5.04. The number of nitrogens with zero attached hydrogens (tertiary/aromatic N) is 2. The molecule has 2 aliphatic rings. The van der Waals surface area contributed by atoms with Gasteiger partial charge >= 0.3 is 0 Å². The first-order valence-corrected chi connectivity index (χ1v) is 6.63. The third-order valence-corrected chi connectivity index (χ3v) is 3.80. The van der Waals surface area contributed by atoms with Crippen LogP contribution in [0, 0.1) is 0 Å². The molecule has 2 aliphatic heterocycles. The van der Waals surface area contributed by atoms with Crippen molar-refractivity contribution in [3.63, 3.8) is 0 Å². The summed E-state index contributed by atoms with van der Waals surface area (Å²) in [6.07, 6.45) is 3.30. The van der Waals surface area contributed by atoms with Crippen molar-refractivity contribution < 1.29 is 14.4 Å². The summed E-state index contributed by atoms with van der Waals surface area (Å²) in [5.41, 5.74) is -0.952. The van der Waals surface area contributed by atoms with E-state index in [9.17, 15) is 5.11 Å². The molecule has 18 heavy (non-hydrogen) atoms. The van der Waals surface area contributed by atoms with Gasteiger partial charge < -0.3 is 19.7 Å². The molecular weight excluding hydrogens is 234 g/mol. The normalized spacial score (nSPS) is 28.2. The van der Waals surface area contributed by atoms with Crippen LogP contribution in [0.3, 0.4) is 0 Å². The van der Waals surface area contributed by atoms with E-state index < -0.39 is 5.60 Å². The molecule has 1 atom stereocenters. The fourth-order valence-electron chi connectivity index (χ4n) is 2.59. The monoisotopic (exact) mass is 253 g/mol. The summed E-state index contributed by atoms with van der Waals surface area (Å²) >= 11 is 0. The van der Waals surface area contributed by atoms with E-state index >= 15 is 0 Å². The van der Waals surface area contributed by atoms with Crippen LogP contribution in [0.2, 0.25) is 0 Å². The summed E-state index contributed by atoms with van der Waals surface area (Å²) in [5, 5.41) is 17.7. The topological polar surface area (TPSA) is 80.4 Å². The highest BCUT2D eigenvalue weighted by atomic mass is 16.5.